The highest BCUT2D eigenvalue weighted by Crippen LogP contribution is 2.21. The molecule has 0 radical (unpaired) electrons. The molecule has 1 aromatic heterocycles. The number of anilines is 3. The van der Waals surface area contributed by atoms with E-state index in [1.807, 2.05) is 19.1 Å². The number of rotatable bonds is 5. The fourth-order valence-corrected chi connectivity index (χ4v) is 2.66. The monoisotopic (exact) mass is 379 g/mol. The molecule has 0 saturated carbocycles. The minimum atomic E-state index is -0.337. The van der Waals surface area contributed by atoms with Crippen molar-refractivity contribution in [2.24, 2.45) is 0 Å². The van der Waals surface area contributed by atoms with Crippen LogP contribution in [0.5, 0.6) is 0 Å². The maximum atomic E-state index is 12.5. The van der Waals surface area contributed by atoms with E-state index >= 15 is 0 Å². The molecule has 0 fully saturated rings. The summed E-state index contributed by atoms with van der Waals surface area (Å²) in [6.45, 7) is 3.41. The number of Topliss-reactive ketones (excluding diaryl/α,β-unsaturated/α-hetero) is 1. The number of nitrogens with zero attached hydrogens (tertiary/aromatic N) is 1. The summed E-state index contributed by atoms with van der Waals surface area (Å²) >= 11 is 6.09. The van der Waals surface area contributed by atoms with Crippen molar-refractivity contribution < 1.29 is 9.59 Å². The Morgan fingerprint density at radius 3 is 2.48 bits per heavy atom. The van der Waals surface area contributed by atoms with E-state index in [4.69, 9.17) is 11.6 Å². The second kappa shape index (κ2) is 8.01. The van der Waals surface area contributed by atoms with Crippen LogP contribution in [0, 0.1) is 6.92 Å². The van der Waals surface area contributed by atoms with Crippen molar-refractivity contribution in [3.8, 4) is 0 Å². The Morgan fingerprint density at radius 1 is 0.963 bits per heavy atom. The fraction of sp³-hybridized carbons (Fsp3) is 0.0952. The number of hydrogen-bond donors (Lipinski definition) is 2. The molecule has 2 aromatic carbocycles. The first kappa shape index (κ1) is 18.6. The Kier molecular flexibility index (Phi) is 5.52. The minimum absolute atomic E-state index is 0.00907. The topological polar surface area (TPSA) is 71.1 Å². The van der Waals surface area contributed by atoms with Gasteiger partial charge >= 0.3 is 0 Å². The highest BCUT2D eigenvalue weighted by molar-refractivity contribution is 6.31. The molecule has 0 atom stereocenters. The highest BCUT2D eigenvalue weighted by atomic mass is 35.5. The number of ketones is 1. The van der Waals surface area contributed by atoms with Crippen molar-refractivity contribution in [2.75, 3.05) is 10.6 Å². The number of pyridine rings is 1. The Balaban J connectivity index is 1.76. The van der Waals surface area contributed by atoms with E-state index in [0.29, 0.717) is 22.0 Å². The number of carbonyl (C=O) groups is 2. The zero-order valence-corrected chi connectivity index (χ0v) is 15.7. The van der Waals surface area contributed by atoms with Crippen molar-refractivity contribution >= 4 is 40.4 Å². The summed E-state index contributed by atoms with van der Waals surface area (Å²) in [7, 11) is 0. The van der Waals surface area contributed by atoms with Gasteiger partial charge in [0.1, 0.15) is 5.69 Å². The minimum Gasteiger partial charge on any atom is -0.355 e. The summed E-state index contributed by atoms with van der Waals surface area (Å²) < 4.78 is 0. The summed E-state index contributed by atoms with van der Waals surface area (Å²) in [5.74, 6) is -0.346. The number of amides is 1. The van der Waals surface area contributed by atoms with E-state index in [9.17, 15) is 9.59 Å². The lowest BCUT2D eigenvalue weighted by atomic mass is 10.1. The lowest BCUT2D eigenvalue weighted by molar-refractivity contribution is 0.101. The normalized spacial score (nSPS) is 10.3. The molecule has 5 nitrogen and oxygen atoms in total. The molecule has 3 rings (SSSR count). The van der Waals surface area contributed by atoms with E-state index in [1.165, 1.54) is 6.92 Å². The SMILES string of the molecule is CC(=O)c1cccc(Nc2ccnc(C(=O)Nc3ccc(C)c(Cl)c3)c2)c1. The number of aromatic nitrogens is 1. The summed E-state index contributed by atoms with van der Waals surface area (Å²) in [5, 5.41) is 6.55. The summed E-state index contributed by atoms with van der Waals surface area (Å²) in [5.41, 5.74) is 3.86. The molecule has 136 valence electrons. The van der Waals surface area contributed by atoms with Crippen LogP contribution in [-0.2, 0) is 0 Å². The molecule has 3 aromatic rings. The Labute approximate surface area is 162 Å². The van der Waals surface area contributed by atoms with E-state index < -0.39 is 0 Å². The summed E-state index contributed by atoms with van der Waals surface area (Å²) in [4.78, 5) is 28.1. The molecular weight excluding hydrogens is 362 g/mol. The largest absolute Gasteiger partial charge is 0.355 e. The van der Waals surface area contributed by atoms with Gasteiger partial charge in [-0.3, -0.25) is 14.6 Å². The third-order valence-corrected chi connectivity index (χ3v) is 4.39. The molecule has 0 aliphatic rings. The van der Waals surface area contributed by atoms with Crippen LogP contribution in [-0.4, -0.2) is 16.7 Å². The molecule has 1 heterocycles. The number of nitrogens with one attached hydrogen (secondary N) is 2. The van der Waals surface area contributed by atoms with E-state index in [0.717, 1.165) is 11.3 Å². The van der Waals surface area contributed by atoms with Gasteiger partial charge in [-0.25, -0.2) is 0 Å². The summed E-state index contributed by atoms with van der Waals surface area (Å²) in [6, 6.07) is 15.9. The molecule has 0 spiro atoms. The number of carbonyl (C=O) groups excluding carboxylic acids is 2. The van der Waals surface area contributed by atoms with Crippen LogP contribution in [0.3, 0.4) is 0 Å². The van der Waals surface area contributed by atoms with Crippen molar-refractivity contribution in [1.82, 2.24) is 4.98 Å². The van der Waals surface area contributed by atoms with E-state index in [2.05, 4.69) is 15.6 Å². The Morgan fingerprint density at radius 2 is 1.74 bits per heavy atom. The first-order chi connectivity index (χ1) is 12.9. The standard InChI is InChI=1S/C21H18ClN3O2/c1-13-6-7-17(11-19(13)22)25-21(27)20-12-18(8-9-23-20)24-16-5-3-4-15(10-16)14(2)26/h3-12H,1-2H3,(H,23,24)(H,25,27). The number of hydrogen-bond acceptors (Lipinski definition) is 4. The predicted molar refractivity (Wildman–Crippen MR) is 108 cm³/mol. The molecule has 0 bridgehead atoms. The van der Waals surface area contributed by atoms with Crippen LogP contribution in [0.4, 0.5) is 17.1 Å². The van der Waals surface area contributed by atoms with Gasteiger partial charge < -0.3 is 10.6 Å². The second-order valence-electron chi connectivity index (χ2n) is 6.11. The summed E-state index contributed by atoms with van der Waals surface area (Å²) in [6.07, 6.45) is 1.55. The lowest BCUT2D eigenvalue weighted by Crippen LogP contribution is -2.13. The van der Waals surface area contributed by atoms with Crippen LogP contribution in [0.1, 0.15) is 33.3 Å². The van der Waals surface area contributed by atoms with Gasteiger partial charge in [-0.1, -0.05) is 29.8 Å². The van der Waals surface area contributed by atoms with Crippen molar-refractivity contribution in [1.29, 1.82) is 0 Å². The number of halogens is 1. The van der Waals surface area contributed by atoms with Crippen molar-refractivity contribution in [3.63, 3.8) is 0 Å². The molecule has 0 unspecified atom stereocenters. The van der Waals surface area contributed by atoms with Crippen LogP contribution >= 0.6 is 11.6 Å². The zero-order valence-electron chi connectivity index (χ0n) is 14.9. The molecule has 2 N–H and O–H groups in total. The average molecular weight is 380 g/mol. The first-order valence-corrected chi connectivity index (χ1v) is 8.72. The van der Waals surface area contributed by atoms with Gasteiger partial charge in [-0.15, -0.1) is 0 Å². The molecule has 0 saturated heterocycles. The maximum Gasteiger partial charge on any atom is 0.274 e. The highest BCUT2D eigenvalue weighted by Gasteiger charge is 2.10. The van der Waals surface area contributed by atoms with E-state index in [1.54, 1.807) is 48.7 Å². The third kappa shape index (κ3) is 4.71. The number of aryl methyl sites for hydroxylation is 1. The smallest absolute Gasteiger partial charge is 0.274 e. The van der Waals surface area contributed by atoms with Gasteiger partial charge in [0.05, 0.1) is 0 Å². The predicted octanol–water partition coefficient (Wildman–Crippen LogP) is 5.24. The Bertz CT molecular complexity index is 1020. The maximum absolute atomic E-state index is 12.5. The van der Waals surface area contributed by atoms with Gasteiger partial charge in [-0.05, 0) is 55.8 Å². The van der Waals surface area contributed by atoms with Crippen LogP contribution in [0.2, 0.25) is 5.02 Å². The van der Waals surface area contributed by atoms with Crippen LogP contribution in [0.25, 0.3) is 0 Å². The van der Waals surface area contributed by atoms with Gasteiger partial charge in [0.2, 0.25) is 0 Å². The molecule has 0 aliphatic carbocycles. The molecule has 0 aliphatic heterocycles. The van der Waals surface area contributed by atoms with E-state index in [-0.39, 0.29) is 17.4 Å². The lowest BCUT2D eigenvalue weighted by Gasteiger charge is -2.10. The van der Waals surface area contributed by atoms with Crippen LogP contribution < -0.4 is 10.6 Å². The molecule has 1 amide bonds. The zero-order chi connectivity index (χ0) is 19.4. The fourth-order valence-electron chi connectivity index (χ4n) is 2.48. The quantitative estimate of drug-likeness (QED) is 0.594. The molecule has 6 heteroatoms. The van der Waals surface area contributed by atoms with Gasteiger partial charge in [-0.2, -0.15) is 0 Å². The Hall–Kier alpha value is -3.18. The average Bonchev–Trinajstić information content (AvgIpc) is 2.65. The van der Waals surface area contributed by atoms with Crippen LogP contribution in [0.15, 0.2) is 60.8 Å². The first-order valence-electron chi connectivity index (χ1n) is 8.34. The van der Waals surface area contributed by atoms with Gasteiger partial charge in [0.15, 0.2) is 5.78 Å². The number of benzene rings is 2. The van der Waals surface area contributed by atoms with Crippen molar-refractivity contribution in [3.05, 3.63) is 82.6 Å². The van der Waals surface area contributed by atoms with Gasteiger partial charge in [0, 0.05) is 33.8 Å². The van der Waals surface area contributed by atoms with Gasteiger partial charge in [0.25, 0.3) is 5.91 Å². The molecule has 27 heavy (non-hydrogen) atoms. The third-order valence-electron chi connectivity index (χ3n) is 3.98. The molecular formula is C21H18ClN3O2. The van der Waals surface area contributed by atoms with Crippen molar-refractivity contribution in [2.45, 2.75) is 13.8 Å². The second-order valence-corrected chi connectivity index (χ2v) is 6.52.